The first-order chi connectivity index (χ1) is 18.0. The molecule has 1 aliphatic rings. The molecule has 2 heterocycles. The van der Waals surface area contributed by atoms with Gasteiger partial charge in [0.25, 0.3) is 0 Å². The number of furan rings is 1. The normalized spacial score (nSPS) is 14.5. The number of hydrogen-bond donors (Lipinski definition) is 0. The molecule has 5 aromatic carbocycles. The molecular weight excluding hydrogens is 450 g/mol. The SMILES string of the molecule is CC(C)(C)N1c2ccccc2C(c2ccccc2)(c2cccc3c2oc2ccccc23)c2ccccc21. The van der Waals surface area contributed by atoms with Crippen LogP contribution in [0.15, 0.2) is 126 Å². The van der Waals surface area contributed by atoms with E-state index in [9.17, 15) is 0 Å². The van der Waals surface area contributed by atoms with Gasteiger partial charge < -0.3 is 9.32 Å². The first kappa shape index (κ1) is 21.9. The van der Waals surface area contributed by atoms with Gasteiger partial charge in [-0.2, -0.15) is 0 Å². The minimum Gasteiger partial charge on any atom is -0.456 e. The first-order valence-electron chi connectivity index (χ1n) is 13.0. The lowest BCUT2D eigenvalue weighted by Gasteiger charge is -2.50. The van der Waals surface area contributed by atoms with E-state index in [2.05, 4.69) is 141 Å². The number of fused-ring (bicyclic) bond motifs is 5. The molecule has 0 aliphatic carbocycles. The molecule has 37 heavy (non-hydrogen) atoms. The van der Waals surface area contributed by atoms with Crippen LogP contribution in [-0.4, -0.2) is 5.54 Å². The number of rotatable bonds is 2. The van der Waals surface area contributed by atoms with Crippen LogP contribution in [0.3, 0.4) is 0 Å². The molecule has 0 N–H and O–H groups in total. The number of hydrogen-bond acceptors (Lipinski definition) is 2. The molecule has 0 spiro atoms. The summed E-state index contributed by atoms with van der Waals surface area (Å²) in [5.74, 6) is 0. The number of anilines is 2. The van der Waals surface area contributed by atoms with E-state index in [0.717, 1.165) is 21.9 Å². The van der Waals surface area contributed by atoms with Gasteiger partial charge >= 0.3 is 0 Å². The van der Waals surface area contributed by atoms with Gasteiger partial charge in [0.2, 0.25) is 0 Å². The van der Waals surface area contributed by atoms with E-state index < -0.39 is 5.41 Å². The number of benzene rings is 5. The van der Waals surface area contributed by atoms with Gasteiger partial charge in [-0.25, -0.2) is 0 Å². The Labute approximate surface area is 217 Å². The second-order valence-corrected chi connectivity index (χ2v) is 10.9. The minimum atomic E-state index is -0.552. The smallest absolute Gasteiger partial charge is 0.140 e. The predicted molar refractivity (Wildman–Crippen MR) is 154 cm³/mol. The van der Waals surface area contributed by atoms with Crippen molar-refractivity contribution in [3.8, 4) is 0 Å². The van der Waals surface area contributed by atoms with Crippen molar-refractivity contribution in [2.24, 2.45) is 0 Å². The van der Waals surface area contributed by atoms with Crippen molar-refractivity contribution in [2.45, 2.75) is 31.7 Å². The van der Waals surface area contributed by atoms with Crippen LogP contribution < -0.4 is 4.90 Å². The molecule has 0 saturated heterocycles. The van der Waals surface area contributed by atoms with Crippen LogP contribution in [0.25, 0.3) is 21.9 Å². The highest BCUT2D eigenvalue weighted by Crippen LogP contribution is 2.58. The molecule has 0 fully saturated rings. The second kappa shape index (κ2) is 7.85. The zero-order valence-electron chi connectivity index (χ0n) is 21.4. The Kier molecular flexibility index (Phi) is 4.65. The van der Waals surface area contributed by atoms with Crippen molar-refractivity contribution in [2.75, 3.05) is 4.90 Å². The van der Waals surface area contributed by atoms with Gasteiger partial charge in [0.1, 0.15) is 11.2 Å². The molecule has 0 amide bonds. The zero-order valence-corrected chi connectivity index (χ0v) is 21.4. The van der Waals surface area contributed by atoms with Crippen molar-refractivity contribution in [3.05, 3.63) is 144 Å². The summed E-state index contributed by atoms with van der Waals surface area (Å²) in [7, 11) is 0. The summed E-state index contributed by atoms with van der Waals surface area (Å²) in [4.78, 5) is 2.50. The minimum absolute atomic E-state index is 0.111. The summed E-state index contributed by atoms with van der Waals surface area (Å²) < 4.78 is 6.69. The predicted octanol–water partition coefficient (Wildman–Crippen LogP) is 9.22. The fourth-order valence-corrected chi connectivity index (χ4v) is 6.46. The third-order valence-electron chi connectivity index (χ3n) is 7.78. The molecule has 7 rings (SSSR count). The van der Waals surface area contributed by atoms with Gasteiger partial charge in [0, 0.05) is 33.2 Å². The molecule has 6 aromatic rings. The van der Waals surface area contributed by atoms with Gasteiger partial charge in [-0.15, -0.1) is 0 Å². The van der Waals surface area contributed by atoms with Crippen LogP contribution in [-0.2, 0) is 5.41 Å². The molecule has 2 heteroatoms. The standard InChI is InChI=1S/C35H29NO/c1-34(2,3)36-30-21-10-8-18-27(30)35(24-14-5-4-6-15-24,28-19-9-11-22-31(28)36)29-20-13-17-26-25-16-7-12-23-32(25)37-33(26)29/h4-23H,1-3H3. The first-order valence-corrected chi connectivity index (χ1v) is 13.0. The van der Waals surface area contributed by atoms with E-state index in [4.69, 9.17) is 4.42 Å². The largest absolute Gasteiger partial charge is 0.456 e. The van der Waals surface area contributed by atoms with Crippen LogP contribution >= 0.6 is 0 Å². The molecule has 0 unspecified atom stereocenters. The molecule has 180 valence electrons. The van der Waals surface area contributed by atoms with Gasteiger partial charge in [-0.3, -0.25) is 0 Å². The van der Waals surface area contributed by atoms with Gasteiger partial charge in [0.15, 0.2) is 0 Å². The molecule has 0 radical (unpaired) electrons. The van der Waals surface area contributed by atoms with Crippen molar-refractivity contribution in [1.29, 1.82) is 0 Å². The van der Waals surface area contributed by atoms with Crippen LogP contribution in [0.4, 0.5) is 11.4 Å². The summed E-state index contributed by atoms with van der Waals surface area (Å²) in [6, 6.07) is 43.7. The van der Waals surface area contributed by atoms with E-state index in [1.165, 1.54) is 33.6 Å². The van der Waals surface area contributed by atoms with E-state index >= 15 is 0 Å². The zero-order chi connectivity index (χ0) is 25.2. The molecule has 0 atom stereocenters. The van der Waals surface area contributed by atoms with E-state index in [0.29, 0.717) is 0 Å². The third-order valence-corrected chi connectivity index (χ3v) is 7.78. The van der Waals surface area contributed by atoms with E-state index in [1.54, 1.807) is 0 Å². The Morgan fingerprint density at radius 1 is 0.541 bits per heavy atom. The fraction of sp³-hybridized carbons (Fsp3) is 0.143. The maximum absolute atomic E-state index is 6.69. The maximum Gasteiger partial charge on any atom is 0.140 e. The van der Waals surface area contributed by atoms with Crippen molar-refractivity contribution in [1.82, 2.24) is 0 Å². The van der Waals surface area contributed by atoms with E-state index in [-0.39, 0.29) is 5.54 Å². The van der Waals surface area contributed by atoms with Gasteiger partial charge in [0.05, 0.1) is 5.41 Å². The Bertz CT molecular complexity index is 1720. The monoisotopic (exact) mass is 479 g/mol. The Morgan fingerprint density at radius 2 is 1.08 bits per heavy atom. The summed E-state index contributed by atoms with van der Waals surface area (Å²) in [6.07, 6.45) is 0. The summed E-state index contributed by atoms with van der Waals surface area (Å²) in [6.45, 7) is 6.86. The van der Waals surface area contributed by atoms with Crippen molar-refractivity contribution < 1.29 is 4.42 Å². The highest BCUT2D eigenvalue weighted by molar-refractivity contribution is 6.07. The quantitative estimate of drug-likeness (QED) is 0.246. The molecule has 1 aromatic heterocycles. The lowest BCUT2D eigenvalue weighted by atomic mass is 9.62. The van der Waals surface area contributed by atoms with Crippen molar-refractivity contribution in [3.63, 3.8) is 0 Å². The summed E-state index contributed by atoms with van der Waals surface area (Å²) >= 11 is 0. The van der Waals surface area contributed by atoms with Crippen LogP contribution in [0.2, 0.25) is 0 Å². The Balaban J connectivity index is 1.71. The molecule has 2 nitrogen and oxygen atoms in total. The summed E-state index contributed by atoms with van der Waals surface area (Å²) in [5.41, 5.74) is 8.59. The van der Waals surface area contributed by atoms with Crippen molar-refractivity contribution >= 4 is 33.3 Å². The highest BCUT2D eigenvalue weighted by atomic mass is 16.3. The Morgan fingerprint density at radius 3 is 1.76 bits per heavy atom. The summed E-state index contributed by atoms with van der Waals surface area (Å²) in [5, 5.41) is 2.30. The third kappa shape index (κ3) is 2.99. The maximum atomic E-state index is 6.69. The Hall–Kier alpha value is -4.30. The van der Waals surface area contributed by atoms with Gasteiger partial charge in [-0.05, 0) is 55.7 Å². The molecule has 0 bridgehead atoms. The van der Waals surface area contributed by atoms with Crippen LogP contribution in [0, 0.1) is 0 Å². The lowest BCUT2D eigenvalue weighted by Crippen LogP contribution is -2.46. The molecule has 1 aliphatic heterocycles. The lowest BCUT2D eigenvalue weighted by molar-refractivity contribution is 0.542. The average molecular weight is 480 g/mol. The molecule has 0 saturated carbocycles. The average Bonchev–Trinajstić information content (AvgIpc) is 3.30. The number of para-hydroxylation sites is 4. The van der Waals surface area contributed by atoms with Crippen LogP contribution in [0.1, 0.15) is 43.0 Å². The van der Waals surface area contributed by atoms with E-state index in [1.807, 2.05) is 6.07 Å². The van der Waals surface area contributed by atoms with Gasteiger partial charge in [-0.1, -0.05) is 103 Å². The second-order valence-electron chi connectivity index (χ2n) is 10.9. The highest BCUT2D eigenvalue weighted by Gasteiger charge is 2.49. The topological polar surface area (TPSA) is 16.4 Å². The molecular formula is C35H29NO. The van der Waals surface area contributed by atoms with Crippen LogP contribution in [0.5, 0.6) is 0 Å². The fourth-order valence-electron chi connectivity index (χ4n) is 6.46. The number of nitrogens with zero attached hydrogens (tertiary/aromatic N) is 1.